The summed E-state index contributed by atoms with van der Waals surface area (Å²) in [6, 6.07) is 3.74. The van der Waals surface area contributed by atoms with Gasteiger partial charge in [0.15, 0.2) is 0 Å². The van der Waals surface area contributed by atoms with Gasteiger partial charge in [0.2, 0.25) is 0 Å². The third-order valence-electron chi connectivity index (χ3n) is 3.32. The molecule has 1 aromatic heterocycles. The summed E-state index contributed by atoms with van der Waals surface area (Å²) in [6.07, 6.45) is 5.22. The summed E-state index contributed by atoms with van der Waals surface area (Å²) in [7, 11) is 0. The fraction of sp³-hybridized carbons (Fsp3) is 0.600. The first-order valence-electron chi connectivity index (χ1n) is 7.23. The van der Waals surface area contributed by atoms with Crippen LogP contribution in [-0.4, -0.2) is 35.4 Å². The van der Waals surface area contributed by atoms with Gasteiger partial charge in [-0.05, 0) is 44.2 Å². The van der Waals surface area contributed by atoms with Crippen LogP contribution in [-0.2, 0) is 0 Å². The number of carbonyl (C=O) groups excluding carboxylic acids is 1. The molecule has 1 saturated carbocycles. The third kappa shape index (κ3) is 3.94. The smallest absolute Gasteiger partial charge is 0.255 e. The van der Waals surface area contributed by atoms with Crippen molar-refractivity contribution in [2.45, 2.75) is 33.1 Å². The Kier molecular flexibility index (Phi) is 4.77. The van der Waals surface area contributed by atoms with Gasteiger partial charge in [-0.1, -0.05) is 6.92 Å². The van der Waals surface area contributed by atoms with Gasteiger partial charge < -0.3 is 10.2 Å². The summed E-state index contributed by atoms with van der Waals surface area (Å²) >= 11 is 0. The maximum Gasteiger partial charge on any atom is 0.255 e. The van der Waals surface area contributed by atoms with Crippen molar-refractivity contribution in [3.8, 4) is 0 Å². The molecule has 4 heteroatoms. The van der Waals surface area contributed by atoms with Crippen LogP contribution in [0.3, 0.4) is 0 Å². The molecule has 2 rings (SSSR count). The van der Waals surface area contributed by atoms with Crippen LogP contribution in [0.2, 0.25) is 0 Å². The van der Waals surface area contributed by atoms with E-state index in [2.05, 4.69) is 17.2 Å². The van der Waals surface area contributed by atoms with E-state index in [4.69, 9.17) is 0 Å². The molecule has 0 saturated heterocycles. The van der Waals surface area contributed by atoms with Crippen molar-refractivity contribution in [3.63, 3.8) is 0 Å². The molecule has 1 fully saturated rings. The fourth-order valence-corrected chi connectivity index (χ4v) is 2.15. The van der Waals surface area contributed by atoms with Gasteiger partial charge in [-0.3, -0.25) is 4.79 Å². The Hall–Kier alpha value is -1.58. The van der Waals surface area contributed by atoms with Gasteiger partial charge in [0.1, 0.15) is 5.82 Å². The minimum absolute atomic E-state index is 0.115. The number of hydrogen-bond donors (Lipinski definition) is 1. The van der Waals surface area contributed by atoms with E-state index in [0.717, 1.165) is 37.8 Å². The predicted molar refractivity (Wildman–Crippen MR) is 77.3 cm³/mol. The highest BCUT2D eigenvalue weighted by Gasteiger charge is 2.26. The zero-order chi connectivity index (χ0) is 13.7. The van der Waals surface area contributed by atoms with Gasteiger partial charge >= 0.3 is 0 Å². The number of nitrogens with zero attached hydrogens (tertiary/aromatic N) is 2. The van der Waals surface area contributed by atoms with E-state index in [1.165, 1.54) is 12.8 Å². The maximum atomic E-state index is 12.4. The largest absolute Gasteiger partial charge is 0.370 e. The van der Waals surface area contributed by atoms with Gasteiger partial charge in [0, 0.05) is 25.8 Å². The van der Waals surface area contributed by atoms with Crippen molar-refractivity contribution < 1.29 is 4.79 Å². The molecule has 0 atom stereocenters. The second kappa shape index (κ2) is 6.55. The van der Waals surface area contributed by atoms with Crippen LogP contribution in [0.1, 0.15) is 43.5 Å². The molecular weight excluding hydrogens is 238 g/mol. The number of anilines is 1. The summed E-state index contributed by atoms with van der Waals surface area (Å²) < 4.78 is 0. The Balaban J connectivity index is 2.02. The molecule has 1 N–H and O–H groups in total. The minimum Gasteiger partial charge on any atom is -0.370 e. The van der Waals surface area contributed by atoms with Crippen LogP contribution in [0.4, 0.5) is 5.82 Å². The highest BCUT2D eigenvalue weighted by molar-refractivity contribution is 5.94. The Labute approximate surface area is 115 Å². The molecule has 0 aromatic carbocycles. The summed E-state index contributed by atoms with van der Waals surface area (Å²) in [5.74, 6) is 1.66. The van der Waals surface area contributed by atoms with Crippen LogP contribution < -0.4 is 5.32 Å². The van der Waals surface area contributed by atoms with Crippen LogP contribution in [0.15, 0.2) is 18.3 Å². The maximum absolute atomic E-state index is 12.4. The Morgan fingerprint density at radius 3 is 2.74 bits per heavy atom. The number of pyridine rings is 1. The lowest BCUT2D eigenvalue weighted by Gasteiger charge is -2.22. The number of carbonyl (C=O) groups is 1. The van der Waals surface area contributed by atoms with E-state index < -0.39 is 0 Å². The molecule has 1 aliphatic carbocycles. The number of nitrogens with one attached hydrogen (secondary N) is 1. The summed E-state index contributed by atoms with van der Waals surface area (Å²) in [5, 5.41) is 3.13. The van der Waals surface area contributed by atoms with Crippen LogP contribution in [0.5, 0.6) is 0 Å². The molecule has 0 bridgehead atoms. The van der Waals surface area contributed by atoms with E-state index >= 15 is 0 Å². The second-order valence-electron chi connectivity index (χ2n) is 5.16. The van der Waals surface area contributed by atoms with Gasteiger partial charge in [-0.25, -0.2) is 4.98 Å². The molecule has 0 spiro atoms. The van der Waals surface area contributed by atoms with Crippen molar-refractivity contribution in [2.75, 3.05) is 25.0 Å². The predicted octanol–water partition coefficient (Wildman–Crippen LogP) is 2.78. The monoisotopic (exact) mass is 261 g/mol. The molecule has 19 heavy (non-hydrogen) atoms. The topological polar surface area (TPSA) is 45.2 Å². The molecule has 1 aliphatic rings. The lowest BCUT2D eigenvalue weighted by Crippen LogP contribution is -2.33. The SMILES string of the molecule is CCCN(CC1CC1)C(=O)c1ccc(NCC)nc1. The quantitative estimate of drug-likeness (QED) is 0.821. The van der Waals surface area contributed by atoms with Crippen LogP contribution in [0.25, 0.3) is 0 Å². The van der Waals surface area contributed by atoms with Crippen molar-refractivity contribution in [1.29, 1.82) is 0 Å². The van der Waals surface area contributed by atoms with Crippen LogP contribution >= 0.6 is 0 Å². The lowest BCUT2D eigenvalue weighted by atomic mass is 10.2. The van der Waals surface area contributed by atoms with Crippen molar-refractivity contribution >= 4 is 11.7 Å². The molecule has 1 aromatic rings. The number of rotatable bonds is 7. The first kappa shape index (κ1) is 13.8. The molecule has 0 unspecified atom stereocenters. The number of hydrogen-bond acceptors (Lipinski definition) is 3. The summed E-state index contributed by atoms with van der Waals surface area (Å²) in [5.41, 5.74) is 0.691. The van der Waals surface area contributed by atoms with Gasteiger partial charge in [-0.15, -0.1) is 0 Å². The molecular formula is C15H23N3O. The van der Waals surface area contributed by atoms with E-state index in [1.807, 2.05) is 24.0 Å². The standard InChI is InChI=1S/C15H23N3O/c1-3-9-18(11-12-5-6-12)15(19)13-7-8-14(16-4-2)17-10-13/h7-8,10,12H,3-6,9,11H2,1-2H3,(H,16,17). The normalized spacial score (nSPS) is 14.2. The molecule has 0 radical (unpaired) electrons. The van der Waals surface area contributed by atoms with E-state index in [-0.39, 0.29) is 5.91 Å². The Bertz CT molecular complexity index is 412. The Morgan fingerprint density at radius 1 is 1.42 bits per heavy atom. The van der Waals surface area contributed by atoms with Gasteiger partial charge in [-0.2, -0.15) is 0 Å². The highest BCUT2D eigenvalue weighted by Crippen LogP contribution is 2.30. The first-order chi connectivity index (χ1) is 9.24. The second-order valence-corrected chi connectivity index (χ2v) is 5.16. The van der Waals surface area contributed by atoms with Crippen LogP contribution in [0, 0.1) is 5.92 Å². The average molecular weight is 261 g/mol. The average Bonchev–Trinajstić information content (AvgIpc) is 3.23. The number of amides is 1. The van der Waals surface area contributed by atoms with E-state index in [9.17, 15) is 4.79 Å². The third-order valence-corrected chi connectivity index (χ3v) is 3.32. The first-order valence-corrected chi connectivity index (χ1v) is 7.23. The highest BCUT2D eigenvalue weighted by atomic mass is 16.2. The molecule has 1 heterocycles. The van der Waals surface area contributed by atoms with Crippen molar-refractivity contribution in [1.82, 2.24) is 9.88 Å². The number of aromatic nitrogens is 1. The molecule has 4 nitrogen and oxygen atoms in total. The Morgan fingerprint density at radius 2 is 2.21 bits per heavy atom. The van der Waals surface area contributed by atoms with E-state index in [0.29, 0.717) is 5.56 Å². The fourth-order valence-electron chi connectivity index (χ4n) is 2.15. The lowest BCUT2D eigenvalue weighted by molar-refractivity contribution is 0.0747. The van der Waals surface area contributed by atoms with Crippen molar-refractivity contribution in [3.05, 3.63) is 23.9 Å². The van der Waals surface area contributed by atoms with E-state index in [1.54, 1.807) is 6.20 Å². The minimum atomic E-state index is 0.115. The summed E-state index contributed by atoms with van der Waals surface area (Å²) in [4.78, 5) is 18.7. The molecule has 0 aliphatic heterocycles. The zero-order valence-electron chi connectivity index (χ0n) is 11.9. The molecule has 1 amide bonds. The van der Waals surface area contributed by atoms with Gasteiger partial charge in [0.25, 0.3) is 5.91 Å². The zero-order valence-corrected chi connectivity index (χ0v) is 11.9. The summed E-state index contributed by atoms with van der Waals surface area (Å²) in [6.45, 7) is 6.72. The van der Waals surface area contributed by atoms with Crippen molar-refractivity contribution in [2.24, 2.45) is 5.92 Å². The molecule has 104 valence electrons. The van der Waals surface area contributed by atoms with Gasteiger partial charge in [0.05, 0.1) is 5.56 Å².